The summed E-state index contributed by atoms with van der Waals surface area (Å²) in [6, 6.07) is 0. The number of hydrogen-bond donors (Lipinski definition) is 0. The van der Waals surface area contributed by atoms with Crippen LogP contribution in [0.1, 0.15) is 0 Å². The molecule has 0 aliphatic heterocycles. The summed E-state index contributed by atoms with van der Waals surface area (Å²) in [4.78, 5) is 0. The van der Waals surface area contributed by atoms with Crippen LogP contribution in [0.2, 0.25) is 0 Å². The van der Waals surface area contributed by atoms with Crippen molar-refractivity contribution in [3.05, 3.63) is 0 Å². The predicted molar refractivity (Wildman–Crippen MR) is 15.8 cm³/mol. The molecule has 4 heavy (non-hydrogen) atoms. The first-order valence-corrected chi connectivity index (χ1v) is 0. The Morgan fingerprint density at radius 3 is 0.750 bits per heavy atom. The molecule has 0 fully saturated rings. The van der Waals surface area contributed by atoms with Gasteiger partial charge in [0.2, 0.25) is 0 Å². The second-order valence-electron chi connectivity index (χ2n) is 0. The first kappa shape index (κ1) is 52.0. The fraction of sp³-hybridized carbons (Fsp3) is 0. The summed E-state index contributed by atoms with van der Waals surface area (Å²) in [7, 11) is 0. The minimum atomic E-state index is 0. The molecule has 0 amide bonds. The number of rotatable bonds is 0. The van der Waals surface area contributed by atoms with E-state index in [0.29, 0.717) is 0 Å². The van der Waals surface area contributed by atoms with Crippen molar-refractivity contribution in [2.45, 2.75) is 0 Å². The van der Waals surface area contributed by atoms with Crippen molar-refractivity contribution in [2.24, 2.45) is 0 Å². The van der Waals surface area contributed by atoms with Gasteiger partial charge in [-0.3, -0.25) is 0 Å². The van der Waals surface area contributed by atoms with E-state index in [4.69, 9.17) is 0 Å². The first-order valence-electron chi connectivity index (χ1n) is 0. The maximum atomic E-state index is 0. The molecular formula is H6O2SnTi. The van der Waals surface area contributed by atoms with Crippen LogP contribution in [0.25, 0.3) is 0 Å². The first-order chi connectivity index (χ1) is 0. The van der Waals surface area contributed by atoms with Crippen molar-refractivity contribution in [3.63, 3.8) is 0 Å². The van der Waals surface area contributed by atoms with E-state index in [1.807, 2.05) is 0 Å². The molecule has 0 bridgehead atoms. The monoisotopic (exact) mass is 206 g/mol. The average Bonchev–Trinajstić information content (AvgIpc) is 0. The van der Waals surface area contributed by atoms with Gasteiger partial charge in [-0.05, 0) is 0 Å². The molecule has 0 rings (SSSR count). The fourth-order valence-electron chi connectivity index (χ4n) is 0. The zero-order valence-corrected chi connectivity index (χ0v) is 7.80. The molecule has 26 valence electrons. The molecule has 0 heterocycles. The van der Waals surface area contributed by atoms with Crippen LogP contribution in [0.3, 0.4) is 0 Å². The maximum Gasteiger partial charge on any atom is 0 e. The van der Waals surface area contributed by atoms with Gasteiger partial charge in [-0.2, -0.15) is 0 Å². The molecule has 0 unspecified atom stereocenters. The van der Waals surface area contributed by atoms with Crippen LogP contribution < -0.4 is 0 Å². The Kier molecular flexibility index (Phi) is 331. The van der Waals surface area contributed by atoms with Crippen LogP contribution in [0, 0.1) is 0 Å². The third-order valence-electron chi connectivity index (χ3n) is 0. The van der Waals surface area contributed by atoms with Gasteiger partial charge < -0.3 is 11.0 Å². The SMILES string of the molecule is O.O.[SnH2].[Ti]. The molecule has 4 heteroatoms. The van der Waals surface area contributed by atoms with Crippen molar-refractivity contribution in [1.29, 1.82) is 0 Å². The average molecular weight is 205 g/mol. The summed E-state index contributed by atoms with van der Waals surface area (Å²) in [5.74, 6) is 0. The van der Waals surface area contributed by atoms with Gasteiger partial charge in [-0.1, -0.05) is 0 Å². The van der Waals surface area contributed by atoms with E-state index in [1.54, 1.807) is 0 Å². The summed E-state index contributed by atoms with van der Waals surface area (Å²) in [5, 5.41) is 0. The predicted octanol–water partition coefficient (Wildman–Crippen LogP) is -2.57. The molecule has 0 atom stereocenters. The van der Waals surface area contributed by atoms with Crippen molar-refractivity contribution < 1.29 is 32.7 Å². The molecule has 0 aromatic heterocycles. The summed E-state index contributed by atoms with van der Waals surface area (Å²) < 4.78 is 0. The molecular weight excluding hydrogens is 199 g/mol. The Balaban J connectivity index is 0. The van der Waals surface area contributed by atoms with Gasteiger partial charge >= 0.3 is 23.9 Å². The Hall–Kier alpha value is 1.43. The smallest absolute Gasteiger partial charge is 0 e. The van der Waals surface area contributed by atoms with Gasteiger partial charge in [-0.25, -0.2) is 0 Å². The standard InChI is InChI=1S/2H2O.Sn.Ti.2H/h2*1H2;;;;. The van der Waals surface area contributed by atoms with Gasteiger partial charge in [0.05, 0.1) is 0 Å². The molecule has 4 N–H and O–H groups in total. The van der Waals surface area contributed by atoms with E-state index in [9.17, 15) is 0 Å². The second kappa shape index (κ2) is 25.4. The number of hydrogen-bond acceptors (Lipinski definition) is 0. The molecule has 2 nitrogen and oxygen atoms in total. The minimum Gasteiger partial charge on any atom is 0 e. The zero-order valence-electron chi connectivity index (χ0n) is 2.21. The fourth-order valence-corrected chi connectivity index (χ4v) is 0. The van der Waals surface area contributed by atoms with Crippen LogP contribution in [0.5, 0.6) is 0 Å². The van der Waals surface area contributed by atoms with E-state index in [-0.39, 0.29) is 56.6 Å². The normalized spacial score (nSPS) is 0. The summed E-state index contributed by atoms with van der Waals surface area (Å²) in [6.07, 6.45) is 0. The molecule has 2 radical (unpaired) electrons. The summed E-state index contributed by atoms with van der Waals surface area (Å²) in [6.45, 7) is 0. The molecule has 0 aromatic carbocycles. The zero-order chi connectivity index (χ0) is 0. The summed E-state index contributed by atoms with van der Waals surface area (Å²) in [5.41, 5.74) is 0. The molecule has 0 aromatic rings. The van der Waals surface area contributed by atoms with Gasteiger partial charge in [0, 0.05) is 21.7 Å². The van der Waals surface area contributed by atoms with Crippen LogP contribution in [-0.4, -0.2) is 34.9 Å². The Labute approximate surface area is 56.4 Å². The molecule has 0 aliphatic carbocycles. The quantitative estimate of drug-likeness (QED) is 0.390. The van der Waals surface area contributed by atoms with Crippen LogP contribution >= 0.6 is 0 Å². The molecule has 0 saturated carbocycles. The third kappa shape index (κ3) is 9.90. The summed E-state index contributed by atoms with van der Waals surface area (Å²) >= 11 is 0. The van der Waals surface area contributed by atoms with Gasteiger partial charge in [0.1, 0.15) is 0 Å². The van der Waals surface area contributed by atoms with E-state index in [0.717, 1.165) is 0 Å². The van der Waals surface area contributed by atoms with Crippen LogP contribution in [0.4, 0.5) is 0 Å². The van der Waals surface area contributed by atoms with E-state index < -0.39 is 0 Å². The van der Waals surface area contributed by atoms with Gasteiger partial charge in [0.25, 0.3) is 0 Å². The van der Waals surface area contributed by atoms with Crippen molar-refractivity contribution in [2.75, 3.05) is 0 Å². The van der Waals surface area contributed by atoms with Crippen molar-refractivity contribution >= 4 is 23.9 Å². The molecule has 0 spiro atoms. The Morgan fingerprint density at radius 1 is 0.750 bits per heavy atom. The topological polar surface area (TPSA) is 63.0 Å². The van der Waals surface area contributed by atoms with Crippen molar-refractivity contribution in [1.82, 2.24) is 0 Å². The third-order valence-corrected chi connectivity index (χ3v) is 0. The Morgan fingerprint density at radius 2 is 0.750 bits per heavy atom. The van der Waals surface area contributed by atoms with Crippen LogP contribution in [-0.2, 0) is 21.7 Å². The maximum absolute atomic E-state index is 0. The minimum absolute atomic E-state index is 0. The molecule has 0 saturated heterocycles. The van der Waals surface area contributed by atoms with Crippen molar-refractivity contribution in [3.8, 4) is 0 Å². The van der Waals surface area contributed by atoms with Crippen LogP contribution in [0.15, 0.2) is 0 Å². The van der Waals surface area contributed by atoms with Gasteiger partial charge in [-0.15, -0.1) is 0 Å². The van der Waals surface area contributed by atoms with E-state index in [1.165, 1.54) is 0 Å². The van der Waals surface area contributed by atoms with E-state index in [2.05, 4.69) is 0 Å². The van der Waals surface area contributed by atoms with Gasteiger partial charge in [0.15, 0.2) is 0 Å². The Bertz CT molecular complexity index is 6.00. The van der Waals surface area contributed by atoms with E-state index >= 15 is 0 Å². The second-order valence-corrected chi connectivity index (χ2v) is 0. The molecule has 0 aliphatic rings. The largest absolute Gasteiger partial charge is 0 e.